The van der Waals surface area contributed by atoms with Gasteiger partial charge in [-0.05, 0) is 36.8 Å². The number of rotatable bonds is 4. The summed E-state index contributed by atoms with van der Waals surface area (Å²) < 4.78 is 0. The van der Waals surface area contributed by atoms with Gasteiger partial charge in [0.2, 0.25) is 5.91 Å². The van der Waals surface area contributed by atoms with Crippen LogP contribution < -0.4 is 15.1 Å². The topological polar surface area (TPSA) is 52.7 Å². The van der Waals surface area contributed by atoms with Gasteiger partial charge in [0.25, 0.3) is 5.91 Å². The summed E-state index contributed by atoms with van der Waals surface area (Å²) in [6.45, 7) is 0.533. The Morgan fingerprint density at radius 3 is 2.68 bits per heavy atom. The first-order chi connectivity index (χ1) is 12.0. The lowest BCUT2D eigenvalue weighted by atomic mass is 10.1. The Kier molecular flexibility index (Phi) is 4.95. The number of nitrogens with zero attached hydrogens (tertiary/aromatic N) is 2. The van der Waals surface area contributed by atoms with Crippen molar-refractivity contribution in [1.29, 1.82) is 0 Å². The fraction of sp³-hybridized carbons (Fsp3) is 0.263. The number of hydrogen-bond donors (Lipinski definition) is 1. The first-order valence-electron chi connectivity index (χ1n) is 8.11. The van der Waals surface area contributed by atoms with Crippen LogP contribution in [0, 0.1) is 0 Å². The zero-order valence-electron chi connectivity index (χ0n) is 14.2. The van der Waals surface area contributed by atoms with Crippen molar-refractivity contribution >= 4 is 34.8 Å². The Hall–Kier alpha value is -2.53. The third kappa shape index (κ3) is 3.61. The predicted octanol–water partition coefficient (Wildman–Crippen LogP) is 2.94. The number of carbonyl (C=O) groups excluding carboxylic acids is 2. The van der Waals surface area contributed by atoms with Crippen molar-refractivity contribution in [2.75, 3.05) is 30.4 Å². The summed E-state index contributed by atoms with van der Waals surface area (Å²) in [6, 6.07) is 14.0. The van der Waals surface area contributed by atoms with Crippen molar-refractivity contribution in [2.24, 2.45) is 0 Å². The van der Waals surface area contributed by atoms with Crippen molar-refractivity contribution in [2.45, 2.75) is 12.5 Å². The van der Waals surface area contributed by atoms with E-state index in [1.54, 1.807) is 23.1 Å². The number of para-hydroxylation sites is 1. The summed E-state index contributed by atoms with van der Waals surface area (Å²) in [5, 5.41) is 3.37. The van der Waals surface area contributed by atoms with Crippen LogP contribution in [-0.2, 0) is 4.79 Å². The molecule has 1 N–H and O–H groups in total. The molecule has 2 amide bonds. The van der Waals surface area contributed by atoms with E-state index in [9.17, 15) is 9.59 Å². The van der Waals surface area contributed by atoms with E-state index in [4.69, 9.17) is 11.6 Å². The number of anilines is 2. The molecule has 1 aliphatic rings. The molecule has 1 fully saturated rings. The van der Waals surface area contributed by atoms with Crippen LogP contribution in [0.3, 0.4) is 0 Å². The SMILES string of the molecule is CN(C)c1cccc(C(=O)NC2CCN(c3ccccc3Cl)C2=O)c1. The molecule has 0 bridgehead atoms. The predicted molar refractivity (Wildman–Crippen MR) is 100 cm³/mol. The van der Waals surface area contributed by atoms with E-state index in [-0.39, 0.29) is 11.8 Å². The van der Waals surface area contributed by atoms with E-state index in [0.29, 0.717) is 29.2 Å². The minimum atomic E-state index is -0.535. The summed E-state index contributed by atoms with van der Waals surface area (Å²) in [5.74, 6) is -0.381. The Balaban J connectivity index is 1.72. The maximum absolute atomic E-state index is 12.6. The normalized spacial score (nSPS) is 16.8. The molecule has 2 aromatic rings. The number of hydrogen-bond acceptors (Lipinski definition) is 3. The zero-order chi connectivity index (χ0) is 18.0. The molecule has 6 heteroatoms. The monoisotopic (exact) mass is 357 g/mol. The van der Waals surface area contributed by atoms with Gasteiger partial charge in [-0.1, -0.05) is 29.8 Å². The average molecular weight is 358 g/mol. The lowest BCUT2D eigenvalue weighted by molar-refractivity contribution is -0.118. The minimum absolute atomic E-state index is 0.134. The molecule has 0 spiro atoms. The molecular weight excluding hydrogens is 338 g/mol. The number of nitrogens with one attached hydrogen (secondary N) is 1. The van der Waals surface area contributed by atoms with Crippen molar-refractivity contribution in [1.82, 2.24) is 5.32 Å². The highest BCUT2D eigenvalue weighted by Crippen LogP contribution is 2.29. The fourth-order valence-corrected chi connectivity index (χ4v) is 3.13. The van der Waals surface area contributed by atoms with Gasteiger partial charge in [0, 0.05) is 31.9 Å². The van der Waals surface area contributed by atoms with Crippen molar-refractivity contribution in [3.8, 4) is 0 Å². The Morgan fingerprint density at radius 1 is 1.20 bits per heavy atom. The first-order valence-corrected chi connectivity index (χ1v) is 8.49. The lowest BCUT2D eigenvalue weighted by Crippen LogP contribution is -2.41. The van der Waals surface area contributed by atoms with E-state index in [1.165, 1.54) is 0 Å². The molecule has 0 saturated carbocycles. The second kappa shape index (κ2) is 7.15. The van der Waals surface area contributed by atoms with E-state index < -0.39 is 6.04 Å². The van der Waals surface area contributed by atoms with Crippen LogP contribution in [0.15, 0.2) is 48.5 Å². The second-order valence-corrected chi connectivity index (χ2v) is 6.61. The van der Waals surface area contributed by atoms with Crippen molar-refractivity contribution < 1.29 is 9.59 Å². The molecule has 1 atom stereocenters. The van der Waals surface area contributed by atoms with Gasteiger partial charge in [0.15, 0.2) is 0 Å². The molecule has 1 heterocycles. The van der Waals surface area contributed by atoms with E-state index in [2.05, 4.69) is 5.32 Å². The minimum Gasteiger partial charge on any atom is -0.378 e. The summed E-state index contributed by atoms with van der Waals surface area (Å²) in [6.07, 6.45) is 0.559. The molecule has 5 nitrogen and oxygen atoms in total. The van der Waals surface area contributed by atoms with Gasteiger partial charge in [-0.25, -0.2) is 0 Å². The molecule has 0 radical (unpaired) electrons. The summed E-state index contributed by atoms with van der Waals surface area (Å²) in [5.41, 5.74) is 2.15. The largest absolute Gasteiger partial charge is 0.378 e. The molecule has 1 aliphatic heterocycles. The summed E-state index contributed by atoms with van der Waals surface area (Å²) in [4.78, 5) is 28.7. The van der Waals surface area contributed by atoms with Crippen molar-refractivity contribution in [3.63, 3.8) is 0 Å². The summed E-state index contributed by atoms with van der Waals surface area (Å²) in [7, 11) is 3.83. The fourth-order valence-electron chi connectivity index (χ4n) is 2.89. The smallest absolute Gasteiger partial charge is 0.252 e. The Morgan fingerprint density at radius 2 is 1.96 bits per heavy atom. The highest BCUT2D eigenvalue weighted by atomic mass is 35.5. The van der Waals surface area contributed by atoms with Crippen LogP contribution in [0.1, 0.15) is 16.8 Å². The third-order valence-electron chi connectivity index (χ3n) is 4.28. The maximum atomic E-state index is 12.6. The first kappa shape index (κ1) is 17.3. The van der Waals surface area contributed by atoms with E-state index in [1.807, 2.05) is 49.3 Å². The highest BCUT2D eigenvalue weighted by Gasteiger charge is 2.34. The molecule has 1 unspecified atom stereocenters. The van der Waals surface area contributed by atoms with Gasteiger partial charge in [-0.3, -0.25) is 9.59 Å². The van der Waals surface area contributed by atoms with Crippen LogP contribution in [0.2, 0.25) is 5.02 Å². The molecule has 0 aromatic heterocycles. The zero-order valence-corrected chi connectivity index (χ0v) is 15.0. The number of benzene rings is 2. The molecule has 1 saturated heterocycles. The molecule has 0 aliphatic carbocycles. The second-order valence-electron chi connectivity index (χ2n) is 6.20. The molecule has 25 heavy (non-hydrogen) atoms. The van der Waals surface area contributed by atoms with Crippen LogP contribution in [-0.4, -0.2) is 38.5 Å². The van der Waals surface area contributed by atoms with Crippen LogP contribution >= 0.6 is 11.6 Å². The van der Waals surface area contributed by atoms with Crippen LogP contribution in [0.5, 0.6) is 0 Å². The maximum Gasteiger partial charge on any atom is 0.252 e. The standard InChI is InChI=1S/C19H20ClN3O2/c1-22(2)14-7-5-6-13(12-14)18(24)21-16-10-11-23(19(16)25)17-9-4-3-8-15(17)20/h3-9,12,16H,10-11H2,1-2H3,(H,21,24). The van der Waals surface area contributed by atoms with E-state index in [0.717, 1.165) is 5.69 Å². The molecule has 3 rings (SSSR count). The Bertz CT molecular complexity index is 807. The molecule has 130 valence electrons. The number of carbonyl (C=O) groups is 2. The summed E-state index contributed by atoms with van der Waals surface area (Å²) >= 11 is 6.18. The molecule has 2 aromatic carbocycles. The average Bonchev–Trinajstić information content (AvgIpc) is 2.96. The van der Waals surface area contributed by atoms with Gasteiger partial charge < -0.3 is 15.1 Å². The Labute approximate surface area is 152 Å². The number of amides is 2. The molecular formula is C19H20ClN3O2. The van der Waals surface area contributed by atoms with E-state index >= 15 is 0 Å². The quantitative estimate of drug-likeness (QED) is 0.915. The van der Waals surface area contributed by atoms with Gasteiger partial charge in [-0.15, -0.1) is 0 Å². The van der Waals surface area contributed by atoms with Gasteiger partial charge in [0.05, 0.1) is 10.7 Å². The van der Waals surface area contributed by atoms with Gasteiger partial charge >= 0.3 is 0 Å². The van der Waals surface area contributed by atoms with Crippen LogP contribution in [0.25, 0.3) is 0 Å². The van der Waals surface area contributed by atoms with Crippen molar-refractivity contribution in [3.05, 3.63) is 59.1 Å². The third-order valence-corrected chi connectivity index (χ3v) is 4.60. The van der Waals surface area contributed by atoms with Gasteiger partial charge in [0.1, 0.15) is 6.04 Å². The van der Waals surface area contributed by atoms with Gasteiger partial charge in [-0.2, -0.15) is 0 Å². The lowest BCUT2D eigenvalue weighted by Gasteiger charge is -2.18. The highest BCUT2D eigenvalue weighted by molar-refractivity contribution is 6.34. The number of halogens is 1. The van der Waals surface area contributed by atoms with Crippen LogP contribution in [0.4, 0.5) is 11.4 Å².